The molecule has 2 N–H and O–H groups in total. The molecule has 0 unspecified atom stereocenters. The number of halogens is 1. The Labute approximate surface area is 189 Å². The fourth-order valence-electron chi connectivity index (χ4n) is 3.07. The maximum absolute atomic E-state index is 5.77. The molecule has 0 aromatic heterocycles. The molecule has 0 radical (unpaired) electrons. The van der Waals surface area contributed by atoms with Crippen LogP contribution in [0.2, 0.25) is 0 Å². The first kappa shape index (κ1) is 23.8. The maximum Gasteiger partial charge on any atom is 0.231 e. The highest BCUT2D eigenvalue weighted by atomic mass is 127. The number of ether oxygens (including phenoxy) is 5. The minimum atomic E-state index is 0. The lowest BCUT2D eigenvalue weighted by molar-refractivity contribution is 0.0203. The smallest absolute Gasteiger partial charge is 0.231 e. The van der Waals surface area contributed by atoms with Crippen molar-refractivity contribution < 1.29 is 23.7 Å². The van der Waals surface area contributed by atoms with Crippen molar-refractivity contribution in [3.63, 3.8) is 0 Å². The van der Waals surface area contributed by atoms with Crippen molar-refractivity contribution in [3.05, 3.63) is 18.2 Å². The van der Waals surface area contributed by atoms with Crippen LogP contribution in [0.15, 0.2) is 23.2 Å². The minimum absolute atomic E-state index is 0. The van der Waals surface area contributed by atoms with Gasteiger partial charge in [0.25, 0.3) is 0 Å². The molecule has 2 heterocycles. The molecule has 0 spiro atoms. The molecule has 1 aromatic carbocycles. The van der Waals surface area contributed by atoms with E-state index in [0.717, 1.165) is 75.4 Å². The Morgan fingerprint density at radius 3 is 2.72 bits per heavy atom. The summed E-state index contributed by atoms with van der Waals surface area (Å²) < 4.78 is 27.5. The van der Waals surface area contributed by atoms with E-state index in [4.69, 9.17) is 23.7 Å². The number of guanidine groups is 1. The van der Waals surface area contributed by atoms with Crippen molar-refractivity contribution >= 4 is 29.9 Å². The van der Waals surface area contributed by atoms with Crippen molar-refractivity contribution in [3.8, 4) is 17.2 Å². The van der Waals surface area contributed by atoms with Gasteiger partial charge in [-0.3, -0.25) is 4.99 Å². The van der Waals surface area contributed by atoms with E-state index in [1.54, 1.807) is 7.05 Å². The van der Waals surface area contributed by atoms with Gasteiger partial charge in [-0.1, -0.05) is 0 Å². The summed E-state index contributed by atoms with van der Waals surface area (Å²) in [4.78, 5) is 4.22. The van der Waals surface area contributed by atoms with Gasteiger partial charge in [-0.05, 0) is 37.3 Å². The van der Waals surface area contributed by atoms with E-state index in [0.29, 0.717) is 19.1 Å². The number of hydrogen-bond donors (Lipinski definition) is 2. The summed E-state index contributed by atoms with van der Waals surface area (Å²) in [6.07, 6.45) is 3.17. The minimum Gasteiger partial charge on any atom is -0.492 e. The number of nitrogens with one attached hydrogen (secondary N) is 2. The van der Waals surface area contributed by atoms with E-state index < -0.39 is 0 Å². The standard InChI is InChI=1S/C20H31N3O5.HI/c1-21-20(22-7-2-9-25-14-16-5-10-24-11-6-16)23-8-12-26-17-3-4-18-19(13-17)28-15-27-18;/h3-4,13,16H,2,5-12,14-15H2,1H3,(H2,21,22,23);1H. The lowest BCUT2D eigenvalue weighted by Gasteiger charge is -2.21. The van der Waals surface area contributed by atoms with Crippen molar-refractivity contribution in [2.75, 3.05) is 60.0 Å². The van der Waals surface area contributed by atoms with Gasteiger partial charge in [-0.15, -0.1) is 24.0 Å². The Morgan fingerprint density at radius 1 is 1.10 bits per heavy atom. The van der Waals surface area contributed by atoms with Crippen LogP contribution in [0, 0.1) is 5.92 Å². The molecule has 1 saturated heterocycles. The molecule has 164 valence electrons. The Kier molecular flexibility index (Phi) is 11.3. The number of rotatable bonds is 10. The largest absolute Gasteiger partial charge is 0.492 e. The molecule has 0 atom stereocenters. The first-order chi connectivity index (χ1) is 13.8. The van der Waals surface area contributed by atoms with E-state index in [1.165, 1.54) is 0 Å². The third-order valence-electron chi connectivity index (χ3n) is 4.68. The third-order valence-corrected chi connectivity index (χ3v) is 4.68. The first-order valence-corrected chi connectivity index (χ1v) is 9.97. The Balaban J connectivity index is 0.00000300. The second kappa shape index (κ2) is 13.7. The van der Waals surface area contributed by atoms with E-state index in [-0.39, 0.29) is 30.8 Å². The molecule has 8 nitrogen and oxygen atoms in total. The summed E-state index contributed by atoms with van der Waals surface area (Å²) in [6, 6.07) is 5.58. The summed E-state index contributed by atoms with van der Waals surface area (Å²) in [5.41, 5.74) is 0. The fourth-order valence-corrected chi connectivity index (χ4v) is 3.07. The molecule has 0 aliphatic carbocycles. The first-order valence-electron chi connectivity index (χ1n) is 9.97. The quantitative estimate of drug-likeness (QED) is 0.212. The van der Waals surface area contributed by atoms with Gasteiger partial charge >= 0.3 is 0 Å². The third kappa shape index (κ3) is 8.43. The van der Waals surface area contributed by atoms with E-state index >= 15 is 0 Å². The molecule has 0 bridgehead atoms. The number of hydrogen-bond acceptors (Lipinski definition) is 6. The van der Waals surface area contributed by atoms with Crippen LogP contribution in [0.5, 0.6) is 17.2 Å². The van der Waals surface area contributed by atoms with Crippen LogP contribution in [0.4, 0.5) is 0 Å². The lowest BCUT2D eigenvalue weighted by Crippen LogP contribution is -2.39. The van der Waals surface area contributed by atoms with Gasteiger partial charge in [-0.2, -0.15) is 0 Å². The highest BCUT2D eigenvalue weighted by Gasteiger charge is 2.14. The average molecular weight is 521 g/mol. The van der Waals surface area contributed by atoms with Gasteiger partial charge < -0.3 is 34.3 Å². The van der Waals surface area contributed by atoms with Gasteiger partial charge in [0, 0.05) is 46.1 Å². The van der Waals surface area contributed by atoms with Crippen LogP contribution in [-0.4, -0.2) is 65.9 Å². The number of aliphatic imine (C=N–C) groups is 1. The molecule has 0 saturated carbocycles. The Hall–Kier alpha value is -1.46. The zero-order chi connectivity index (χ0) is 19.4. The van der Waals surface area contributed by atoms with E-state index in [1.807, 2.05) is 18.2 Å². The number of benzene rings is 1. The van der Waals surface area contributed by atoms with Crippen LogP contribution >= 0.6 is 24.0 Å². The SMILES string of the molecule is CN=C(NCCCOCC1CCOCC1)NCCOc1ccc2c(c1)OCO2.I. The Bertz CT molecular complexity index is 626. The Morgan fingerprint density at radius 2 is 1.90 bits per heavy atom. The summed E-state index contributed by atoms with van der Waals surface area (Å²) >= 11 is 0. The van der Waals surface area contributed by atoms with Crippen molar-refractivity contribution in [1.29, 1.82) is 0 Å². The molecule has 3 rings (SSSR count). The summed E-state index contributed by atoms with van der Waals surface area (Å²) in [5, 5.41) is 6.53. The molecule has 1 aromatic rings. The summed E-state index contributed by atoms with van der Waals surface area (Å²) in [7, 11) is 1.76. The number of fused-ring (bicyclic) bond motifs is 1. The predicted molar refractivity (Wildman–Crippen MR) is 122 cm³/mol. The lowest BCUT2D eigenvalue weighted by atomic mass is 10.0. The van der Waals surface area contributed by atoms with Crippen LogP contribution < -0.4 is 24.8 Å². The zero-order valence-corrected chi connectivity index (χ0v) is 19.3. The molecule has 9 heteroatoms. The van der Waals surface area contributed by atoms with E-state index in [9.17, 15) is 0 Å². The molecule has 2 aliphatic rings. The van der Waals surface area contributed by atoms with Gasteiger partial charge in [0.2, 0.25) is 6.79 Å². The molecule has 1 fully saturated rings. The molecular weight excluding hydrogens is 489 g/mol. The average Bonchev–Trinajstić information content (AvgIpc) is 3.20. The van der Waals surface area contributed by atoms with Crippen molar-refractivity contribution in [1.82, 2.24) is 10.6 Å². The van der Waals surface area contributed by atoms with Gasteiger partial charge in [0.15, 0.2) is 17.5 Å². The van der Waals surface area contributed by atoms with Crippen LogP contribution in [0.25, 0.3) is 0 Å². The second-order valence-electron chi connectivity index (χ2n) is 6.77. The van der Waals surface area contributed by atoms with Crippen molar-refractivity contribution in [2.24, 2.45) is 10.9 Å². The predicted octanol–water partition coefficient (Wildman–Crippen LogP) is 2.41. The van der Waals surface area contributed by atoms with E-state index in [2.05, 4.69) is 15.6 Å². The summed E-state index contributed by atoms with van der Waals surface area (Å²) in [6.45, 7) is 5.59. The molecule has 0 amide bonds. The monoisotopic (exact) mass is 521 g/mol. The molecule has 29 heavy (non-hydrogen) atoms. The zero-order valence-electron chi connectivity index (χ0n) is 17.0. The number of nitrogens with zero attached hydrogens (tertiary/aromatic N) is 1. The van der Waals surface area contributed by atoms with Crippen LogP contribution in [-0.2, 0) is 9.47 Å². The highest BCUT2D eigenvalue weighted by Crippen LogP contribution is 2.34. The summed E-state index contributed by atoms with van der Waals surface area (Å²) in [5.74, 6) is 3.66. The molecule has 2 aliphatic heterocycles. The fraction of sp³-hybridized carbons (Fsp3) is 0.650. The molecular formula is C20H32IN3O5. The van der Waals surface area contributed by atoms with Crippen LogP contribution in [0.1, 0.15) is 19.3 Å². The maximum atomic E-state index is 5.77. The second-order valence-corrected chi connectivity index (χ2v) is 6.77. The normalized spacial score (nSPS) is 16.2. The topological polar surface area (TPSA) is 82.6 Å². The van der Waals surface area contributed by atoms with Gasteiger partial charge in [-0.25, -0.2) is 0 Å². The van der Waals surface area contributed by atoms with Gasteiger partial charge in [0.1, 0.15) is 12.4 Å². The van der Waals surface area contributed by atoms with Gasteiger partial charge in [0.05, 0.1) is 6.54 Å². The highest BCUT2D eigenvalue weighted by molar-refractivity contribution is 14.0. The van der Waals surface area contributed by atoms with Crippen LogP contribution in [0.3, 0.4) is 0 Å². The van der Waals surface area contributed by atoms with Crippen molar-refractivity contribution in [2.45, 2.75) is 19.3 Å².